The van der Waals surface area contributed by atoms with E-state index in [2.05, 4.69) is 21.3 Å². The van der Waals surface area contributed by atoms with E-state index >= 15 is 0 Å². The molecule has 0 radical (unpaired) electrons. The molecule has 0 aliphatic heterocycles. The third-order valence-electron chi connectivity index (χ3n) is 9.01. The van der Waals surface area contributed by atoms with Crippen molar-refractivity contribution in [2.45, 2.75) is 104 Å². The lowest BCUT2D eigenvalue weighted by Gasteiger charge is -2.22. The summed E-state index contributed by atoms with van der Waals surface area (Å²) in [6, 6.07) is 0. The Bertz CT molecular complexity index is 1260. The van der Waals surface area contributed by atoms with Gasteiger partial charge in [0.15, 0.2) is 0 Å². The van der Waals surface area contributed by atoms with Crippen LogP contribution in [0, 0.1) is 11.8 Å². The zero-order valence-corrected chi connectivity index (χ0v) is 36.2. The van der Waals surface area contributed by atoms with E-state index in [1.165, 1.54) is 0 Å². The Morgan fingerprint density at radius 1 is 0.600 bits per heavy atom. The maximum Gasteiger partial charge on any atom is 0.407 e. The number of hydrogen-bond acceptors (Lipinski definition) is 13. The molecule has 0 spiro atoms. The van der Waals surface area contributed by atoms with Gasteiger partial charge in [-0.25, -0.2) is 4.79 Å². The largest absolute Gasteiger partial charge is 0.463 e. The highest BCUT2D eigenvalue weighted by Crippen LogP contribution is 2.15. The monoisotopic (exact) mass is 860 g/mol. The second-order valence-electron chi connectivity index (χ2n) is 14.3. The van der Waals surface area contributed by atoms with Gasteiger partial charge in [-0.15, -0.1) is 0 Å². The molecule has 0 aliphatic rings. The highest BCUT2D eigenvalue weighted by atomic mass is 16.6. The Labute approximate surface area is 354 Å². The minimum Gasteiger partial charge on any atom is -0.463 e. The number of hydrogen-bond donors (Lipinski definition) is 6. The molecule has 0 heterocycles. The van der Waals surface area contributed by atoms with Gasteiger partial charge in [-0.2, -0.15) is 0 Å². The topological polar surface area (TPSA) is 286 Å². The molecule has 0 saturated heterocycles. The molecule has 0 aromatic rings. The van der Waals surface area contributed by atoms with Gasteiger partial charge in [0.2, 0.25) is 35.4 Å². The van der Waals surface area contributed by atoms with Crippen LogP contribution in [0.15, 0.2) is 0 Å². The average Bonchev–Trinajstić information content (AvgIpc) is 3.20. The average molecular weight is 860 g/mol. The quantitative estimate of drug-likeness (QED) is 0.0369. The molecule has 0 saturated carbocycles. The van der Waals surface area contributed by atoms with Gasteiger partial charge in [0.25, 0.3) is 0 Å². The van der Waals surface area contributed by atoms with Crippen LogP contribution >= 0.6 is 0 Å². The van der Waals surface area contributed by atoms with Gasteiger partial charge < -0.3 is 61.3 Å². The summed E-state index contributed by atoms with van der Waals surface area (Å²) >= 11 is 0. The Kier molecular flexibility index (Phi) is 34.6. The number of primary amides is 2. The number of nitrogens with one attached hydrogen (secondary N) is 4. The molecule has 0 rings (SSSR count). The fourth-order valence-electron chi connectivity index (χ4n) is 5.40. The summed E-state index contributed by atoms with van der Waals surface area (Å²) in [5.74, 6) is -4.49. The third-order valence-corrected chi connectivity index (χ3v) is 9.01. The zero-order chi connectivity index (χ0) is 44.8. The highest BCUT2D eigenvalue weighted by Gasteiger charge is 2.24. The second kappa shape index (κ2) is 37.4. The van der Waals surface area contributed by atoms with Crippen LogP contribution in [0.3, 0.4) is 0 Å². The van der Waals surface area contributed by atoms with Crippen molar-refractivity contribution in [1.82, 2.24) is 26.2 Å². The van der Waals surface area contributed by atoms with Crippen molar-refractivity contribution < 1.29 is 62.0 Å². The summed E-state index contributed by atoms with van der Waals surface area (Å²) < 4.78 is 25.9. The van der Waals surface area contributed by atoms with Gasteiger partial charge in [0, 0.05) is 64.6 Å². The molecule has 0 aromatic heterocycles. The Balaban J connectivity index is 5.29. The van der Waals surface area contributed by atoms with Crippen LogP contribution in [0.25, 0.3) is 0 Å². The molecule has 7 amide bonds. The first kappa shape index (κ1) is 55.4. The van der Waals surface area contributed by atoms with Gasteiger partial charge in [0.05, 0.1) is 32.8 Å². The van der Waals surface area contributed by atoms with Gasteiger partial charge >= 0.3 is 12.1 Å². The molecule has 0 fully saturated rings. The van der Waals surface area contributed by atoms with Crippen LogP contribution in [0.1, 0.15) is 104 Å². The van der Waals surface area contributed by atoms with E-state index in [1.54, 1.807) is 14.0 Å². The number of methoxy groups -OCH3 is 1. The molecular weight excluding hydrogens is 786 g/mol. The number of unbranched alkanes of at least 4 members (excludes halogenated alkanes) is 5. The van der Waals surface area contributed by atoms with Gasteiger partial charge in [-0.05, 0) is 44.9 Å². The fraction of sp³-hybridized carbons (Fsp3) is 0.800. The number of rotatable bonds is 39. The number of amides is 7. The molecule has 2 atom stereocenters. The van der Waals surface area contributed by atoms with E-state index in [9.17, 15) is 38.4 Å². The summed E-state index contributed by atoms with van der Waals surface area (Å²) in [7, 11) is 1.55. The number of alkyl carbamates (subject to hydrolysis) is 1. The summed E-state index contributed by atoms with van der Waals surface area (Å²) in [5, 5.41) is 10.8. The minimum atomic E-state index is -0.800. The number of esters is 1. The number of carbonyl (C=O) groups excluding carboxylic acids is 8. The lowest BCUT2D eigenvalue weighted by molar-refractivity contribution is -0.148. The maximum absolute atomic E-state index is 13.4. The van der Waals surface area contributed by atoms with Crippen LogP contribution in [0.2, 0.25) is 0 Å². The summed E-state index contributed by atoms with van der Waals surface area (Å²) in [6.07, 6.45) is 5.90. The molecule has 0 bridgehead atoms. The standard InChI is InChI=1S/C40H73N7O13/c1-4-5-21-57-24-26-59-37(52)28-32(14-9-12-19-46-40(55)60-27-25-58-23-22-56-3)39(54)45-20-16-36(51)47(29-34(49)43-17-10-6-7-15-33(41)48)30-35(50)44-18-11-8-13-31(2)38(42)53/h31-32H,4-30H2,1-3H3,(H2,41,48)(H2,42,53)(H,43,49)(H,44,50)(H,45,54)(H,46,55). The van der Waals surface area contributed by atoms with Crippen LogP contribution < -0.4 is 32.7 Å². The number of carbonyl (C=O) groups is 8. The van der Waals surface area contributed by atoms with Crippen molar-refractivity contribution in [2.75, 3.05) is 92.6 Å². The van der Waals surface area contributed by atoms with Crippen molar-refractivity contribution in [3.05, 3.63) is 0 Å². The maximum atomic E-state index is 13.4. The fourth-order valence-corrected chi connectivity index (χ4v) is 5.40. The highest BCUT2D eigenvalue weighted by molar-refractivity contribution is 5.89. The van der Waals surface area contributed by atoms with Gasteiger partial charge in [-0.1, -0.05) is 39.5 Å². The van der Waals surface area contributed by atoms with E-state index in [4.69, 9.17) is 35.2 Å². The molecular formula is C40H73N7O13. The van der Waals surface area contributed by atoms with Crippen molar-refractivity contribution in [3.63, 3.8) is 0 Å². The van der Waals surface area contributed by atoms with Gasteiger partial charge in [0.1, 0.15) is 26.3 Å². The smallest absolute Gasteiger partial charge is 0.407 e. The molecule has 346 valence electrons. The molecule has 2 unspecified atom stereocenters. The predicted molar refractivity (Wildman–Crippen MR) is 221 cm³/mol. The first-order valence-electron chi connectivity index (χ1n) is 21.2. The Hall–Kier alpha value is -4.56. The van der Waals surface area contributed by atoms with Crippen molar-refractivity contribution >= 4 is 47.5 Å². The number of nitrogens with two attached hydrogens (primary N) is 2. The second-order valence-corrected chi connectivity index (χ2v) is 14.3. The molecule has 0 aliphatic carbocycles. The molecule has 0 aromatic carbocycles. The third kappa shape index (κ3) is 33.3. The lowest BCUT2D eigenvalue weighted by Crippen LogP contribution is -2.47. The van der Waals surface area contributed by atoms with Crippen molar-refractivity contribution in [1.29, 1.82) is 0 Å². The normalized spacial score (nSPS) is 11.8. The van der Waals surface area contributed by atoms with E-state index in [-0.39, 0.29) is 71.1 Å². The minimum absolute atomic E-state index is 0.0373. The number of ether oxygens (including phenoxy) is 5. The SMILES string of the molecule is CCCCOCCOC(=O)CC(CCCCNC(=O)OCCOCCOC)C(=O)NCCC(=O)N(CC(=O)NCCCCCC(N)=O)CC(=O)NCCCCC(C)C(N)=O. The van der Waals surface area contributed by atoms with E-state index in [1.807, 2.05) is 6.92 Å². The van der Waals surface area contributed by atoms with Gasteiger partial charge in [-0.3, -0.25) is 33.6 Å². The van der Waals surface area contributed by atoms with Crippen molar-refractivity contribution in [2.24, 2.45) is 23.3 Å². The van der Waals surface area contributed by atoms with Crippen LogP contribution in [0.4, 0.5) is 4.79 Å². The Morgan fingerprint density at radius 2 is 1.18 bits per heavy atom. The molecule has 20 nitrogen and oxygen atoms in total. The summed E-state index contributed by atoms with van der Waals surface area (Å²) in [5.41, 5.74) is 10.5. The molecule has 60 heavy (non-hydrogen) atoms. The summed E-state index contributed by atoms with van der Waals surface area (Å²) in [6.45, 7) is 5.62. The van der Waals surface area contributed by atoms with Crippen LogP contribution in [-0.4, -0.2) is 145 Å². The van der Waals surface area contributed by atoms with Crippen molar-refractivity contribution in [3.8, 4) is 0 Å². The molecule has 20 heteroatoms. The van der Waals surface area contributed by atoms with E-state index < -0.39 is 66.5 Å². The molecule has 8 N–H and O–H groups in total. The lowest BCUT2D eigenvalue weighted by atomic mass is 9.97. The van der Waals surface area contributed by atoms with E-state index in [0.717, 1.165) is 17.7 Å². The number of nitrogens with zero attached hydrogens (tertiary/aromatic N) is 1. The predicted octanol–water partition coefficient (Wildman–Crippen LogP) is 0.817. The zero-order valence-electron chi connectivity index (χ0n) is 36.2. The Morgan fingerprint density at radius 3 is 1.80 bits per heavy atom. The van der Waals surface area contributed by atoms with Crippen LogP contribution in [-0.2, 0) is 57.2 Å². The van der Waals surface area contributed by atoms with E-state index in [0.29, 0.717) is 84.3 Å². The summed E-state index contributed by atoms with van der Waals surface area (Å²) in [4.78, 5) is 100. The first-order valence-corrected chi connectivity index (χ1v) is 21.2. The van der Waals surface area contributed by atoms with Crippen LogP contribution in [0.5, 0.6) is 0 Å². The first-order chi connectivity index (χ1) is 28.8.